The minimum atomic E-state index is -1.04. The van der Waals surface area contributed by atoms with Gasteiger partial charge in [-0.1, -0.05) is 36.4 Å². The van der Waals surface area contributed by atoms with Crippen LogP contribution >= 0.6 is 0 Å². The number of carboxylic acid groups (broad SMARTS) is 1. The van der Waals surface area contributed by atoms with Crippen molar-refractivity contribution >= 4 is 12.0 Å². The average molecular weight is 263 g/mol. The number of hydrogen-bond donors (Lipinski definition) is 3. The number of amides is 2. The van der Waals surface area contributed by atoms with E-state index in [1.807, 2.05) is 30.3 Å². The molecule has 0 saturated carbocycles. The third-order valence-corrected chi connectivity index (χ3v) is 2.26. The quantitative estimate of drug-likeness (QED) is 0.506. The summed E-state index contributed by atoms with van der Waals surface area (Å²) in [7, 11) is 0. The first-order chi connectivity index (χ1) is 9.13. The molecule has 0 fully saturated rings. The molecule has 0 aliphatic rings. The second kappa shape index (κ2) is 7.88. The van der Waals surface area contributed by atoms with Crippen LogP contribution in [0.1, 0.15) is 5.56 Å². The summed E-state index contributed by atoms with van der Waals surface area (Å²) in [6.07, 6.45) is 1.51. The number of carbonyl (C=O) groups is 2. The molecule has 0 aliphatic carbocycles. The molecule has 102 valence electrons. The SMILES string of the molecule is C=CCN(NCC(=O)O)C(=O)NCc1ccccc1. The molecule has 0 unspecified atom stereocenters. The molecular formula is C13H17N3O3. The van der Waals surface area contributed by atoms with E-state index in [-0.39, 0.29) is 13.1 Å². The number of nitrogens with zero attached hydrogens (tertiary/aromatic N) is 1. The van der Waals surface area contributed by atoms with Crippen LogP contribution in [0.2, 0.25) is 0 Å². The number of carboxylic acids is 1. The molecule has 0 radical (unpaired) electrons. The van der Waals surface area contributed by atoms with E-state index in [0.717, 1.165) is 5.56 Å². The molecule has 0 aliphatic heterocycles. The van der Waals surface area contributed by atoms with Gasteiger partial charge in [0, 0.05) is 6.54 Å². The predicted octanol–water partition coefficient (Wildman–Crippen LogP) is 0.973. The number of carbonyl (C=O) groups excluding carboxylic acids is 1. The fourth-order valence-electron chi connectivity index (χ4n) is 1.38. The van der Waals surface area contributed by atoms with Gasteiger partial charge in [0.15, 0.2) is 0 Å². The van der Waals surface area contributed by atoms with E-state index in [1.165, 1.54) is 11.1 Å². The van der Waals surface area contributed by atoms with Crippen molar-refractivity contribution in [1.82, 2.24) is 15.8 Å². The molecule has 0 spiro atoms. The summed E-state index contributed by atoms with van der Waals surface area (Å²) in [5.74, 6) is -1.04. The van der Waals surface area contributed by atoms with Crippen molar-refractivity contribution in [3.63, 3.8) is 0 Å². The Hall–Kier alpha value is -2.34. The summed E-state index contributed by atoms with van der Waals surface area (Å²) in [6, 6.07) is 9.04. The number of hydrazine groups is 1. The molecule has 0 aromatic heterocycles. The Balaban J connectivity index is 2.47. The first-order valence-corrected chi connectivity index (χ1v) is 5.79. The van der Waals surface area contributed by atoms with Crippen LogP contribution in [0.4, 0.5) is 4.79 Å². The molecule has 2 amide bonds. The van der Waals surface area contributed by atoms with Crippen LogP contribution in [0, 0.1) is 0 Å². The lowest BCUT2D eigenvalue weighted by molar-refractivity contribution is -0.136. The molecule has 6 nitrogen and oxygen atoms in total. The van der Waals surface area contributed by atoms with Crippen LogP contribution in [0.15, 0.2) is 43.0 Å². The largest absolute Gasteiger partial charge is 0.480 e. The van der Waals surface area contributed by atoms with Crippen LogP contribution < -0.4 is 10.7 Å². The van der Waals surface area contributed by atoms with Gasteiger partial charge < -0.3 is 10.4 Å². The zero-order chi connectivity index (χ0) is 14.1. The van der Waals surface area contributed by atoms with Crippen LogP contribution in [-0.2, 0) is 11.3 Å². The van der Waals surface area contributed by atoms with E-state index in [0.29, 0.717) is 6.54 Å². The Morgan fingerprint density at radius 3 is 2.58 bits per heavy atom. The van der Waals surface area contributed by atoms with Crippen molar-refractivity contribution in [3.8, 4) is 0 Å². The number of nitrogens with one attached hydrogen (secondary N) is 2. The van der Waals surface area contributed by atoms with Gasteiger partial charge in [-0.15, -0.1) is 6.58 Å². The van der Waals surface area contributed by atoms with Gasteiger partial charge in [0.1, 0.15) is 6.54 Å². The molecule has 0 bridgehead atoms. The minimum absolute atomic E-state index is 0.216. The van der Waals surface area contributed by atoms with Gasteiger partial charge in [-0.05, 0) is 5.56 Å². The van der Waals surface area contributed by atoms with Gasteiger partial charge in [-0.3, -0.25) is 9.80 Å². The van der Waals surface area contributed by atoms with Crippen molar-refractivity contribution in [1.29, 1.82) is 0 Å². The van der Waals surface area contributed by atoms with Crippen molar-refractivity contribution in [3.05, 3.63) is 48.6 Å². The lowest BCUT2D eigenvalue weighted by Crippen LogP contribution is -2.49. The maximum absolute atomic E-state index is 11.8. The third kappa shape index (κ3) is 5.69. The minimum Gasteiger partial charge on any atom is -0.480 e. The molecule has 0 heterocycles. The van der Waals surface area contributed by atoms with E-state index in [1.54, 1.807) is 0 Å². The summed E-state index contributed by atoms with van der Waals surface area (Å²) in [5.41, 5.74) is 3.47. The zero-order valence-corrected chi connectivity index (χ0v) is 10.5. The van der Waals surface area contributed by atoms with Gasteiger partial charge >= 0.3 is 12.0 Å². The van der Waals surface area contributed by atoms with E-state index in [2.05, 4.69) is 17.3 Å². The molecule has 0 atom stereocenters. The van der Waals surface area contributed by atoms with Gasteiger partial charge in [0.25, 0.3) is 0 Å². The molecular weight excluding hydrogens is 246 g/mol. The summed E-state index contributed by atoms with van der Waals surface area (Å²) in [5, 5.41) is 12.4. The maximum Gasteiger partial charge on any atom is 0.332 e. The number of benzene rings is 1. The summed E-state index contributed by atoms with van der Waals surface area (Å²) >= 11 is 0. The Kier molecular flexibility index (Phi) is 6.11. The standard InChI is InChI=1S/C13H17N3O3/c1-2-8-16(15-10-12(17)18)13(19)14-9-11-6-4-3-5-7-11/h2-7,15H,1,8-10H2,(H,14,19)(H,17,18). The lowest BCUT2D eigenvalue weighted by Gasteiger charge is -2.21. The Labute approximate surface area is 111 Å². The third-order valence-electron chi connectivity index (χ3n) is 2.26. The van der Waals surface area contributed by atoms with Crippen LogP contribution in [-0.4, -0.2) is 35.2 Å². The second-order valence-corrected chi connectivity index (χ2v) is 3.77. The van der Waals surface area contributed by atoms with E-state index in [9.17, 15) is 9.59 Å². The highest BCUT2D eigenvalue weighted by molar-refractivity contribution is 5.75. The molecule has 6 heteroatoms. The van der Waals surface area contributed by atoms with Gasteiger partial charge in [-0.2, -0.15) is 0 Å². The topological polar surface area (TPSA) is 81.7 Å². The summed E-state index contributed by atoms with van der Waals surface area (Å²) in [4.78, 5) is 22.3. The number of hydrogen-bond acceptors (Lipinski definition) is 3. The lowest BCUT2D eigenvalue weighted by atomic mass is 10.2. The van der Waals surface area contributed by atoms with Crippen molar-refractivity contribution < 1.29 is 14.7 Å². The maximum atomic E-state index is 11.8. The average Bonchev–Trinajstić information content (AvgIpc) is 2.41. The molecule has 1 aromatic carbocycles. The molecule has 3 N–H and O–H groups in total. The predicted molar refractivity (Wildman–Crippen MR) is 71.2 cm³/mol. The highest BCUT2D eigenvalue weighted by Crippen LogP contribution is 1.97. The number of urea groups is 1. The summed E-state index contributed by atoms with van der Waals surface area (Å²) in [6.45, 7) is 3.79. The Bertz CT molecular complexity index is 434. The molecule has 0 saturated heterocycles. The fourth-order valence-corrected chi connectivity index (χ4v) is 1.38. The van der Waals surface area contributed by atoms with Crippen molar-refractivity contribution in [2.75, 3.05) is 13.1 Å². The van der Waals surface area contributed by atoms with Crippen molar-refractivity contribution in [2.24, 2.45) is 0 Å². The Morgan fingerprint density at radius 1 is 1.32 bits per heavy atom. The van der Waals surface area contributed by atoms with Gasteiger partial charge in [0.05, 0.1) is 6.54 Å². The molecule has 1 aromatic rings. The summed E-state index contributed by atoms with van der Waals surface area (Å²) < 4.78 is 0. The number of aliphatic carboxylic acids is 1. The van der Waals surface area contributed by atoms with Crippen LogP contribution in [0.25, 0.3) is 0 Å². The van der Waals surface area contributed by atoms with Gasteiger partial charge in [0.2, 0.25) is 0 Å². The fraction of sp³-hybridized carbons (Fsp3) is 0.231. The van der Waals surface area contributed by atoms with Crippen LogP contribution in [0.3, 0.4) is 0 Å². The van der Waals surface area contributed by atoms with E-state index in [4.69, 9.17) is 5.11 Å². The molecule has 1 rings (SSSR count). The molecule has 19 heavy (non-hydrogen) atoms. The smallest absolute Gasteiger partial charge is 0.332 e. The van der Waals surface area contributed by atoms with E-state index >= 15 is 0 Å². The Morgan fingerprint density at radius 2 is 2.00 bits per heavy atom. The normalized spacial score (nSPS) is 9.68. The highest BCUT2D eigenvalue weighted by atomic mass is 16.4. The van der Waals surface area contributed by atoms with Crippen LogP contribution in [0.5, 0.6) is 0 Å². The van der Waals surface area contributed by atoms with E-state index < -0.39 is 12.0 Å². The first-order valence-electron chi connectivity index (χ1n) is 5.79. The highest BCUT2D eigenvalue weighted by Gasteiger charge is 2.12. The second-order valence-electron chi connectivity index (χ2n) is 3.77. The monoisotopic (exact) mass is 263 g/mol. The zero-order valence-electron chi connectivity index (χ0n) is 10.5. The van der Waals surface area contributed by atoms with Crippen molar-refractivity contribution in [2.45, 2.75) is 6.54 Å². The number of rotatable bonds is 7. The van der Waals surface area contributed by atoms with Gasteiger partial charge in [-0.25, -0.2) is 10.2 Å². The first kappa shape index (κ1) is 14.7.